The minimum absolute atomic E-state index is 0.112. The molecule has 2 nitrogen and oxygen atoms in total. The zero-order valence-electron chi connectivity index (χ0n) is 12.3. The fourth-order valence-corrected chi connectivity index (χ4v) is 1.53. The van der Waals surface area contributed by atoms with Crippen molar-refractivity contribution in [1.82, 2.24) is 0 Å². The zero-order chi connectivity index (χ0) is 15.1. The Morgan fingerprint density at radius 3 is 2.35 bits per heavy atom. The molecule has 1 aromatic rings. The minimum atomic E-state index is -0.786. The molecule has 1 radical (unpaired) electrons. The van der Waals surface area contributed by atoms with Crippen molar-refractivity contribution in [2.75, 3.05) is 0 Å². The van der Waals surface area contributed by atoms with Gasteiger partial charge in [0.05, 0.1) is 6.42 Å². The summed E-state index contributed by atoms with van der Waals surface area (Å²) in [6, 6.07) is 9.13. The lowest BCUT2D eigenvalue weighted by atomic mass is 10.2. The number of hydrogen-bond acceptors (Lipinski definition) is 1. The average Bonchev–Trinajstić information content (AvgIpc) is 2.44. The van der Waals surface area contributed by atoms with Gasteiger partial charge in [-0.1, -0.05) is 68.5 Å². The van der Waals surface area contributed by atoms with Gasteiger partial charge in [-0.25, -0.2) is 0 Å². The van der Waals surface area contributed by atoms with E-state index in [4.69, 9.17) is 11.7 Å². The molecule has 2 heteroatoms. The first-order valence-corrected chi connectivity index (χ1v) is 7.14. The van der Waals surface area contributed by atoms with E-state index in [0.717, 1.165) is 12.0 Å². The van der Waals surface area contributed by atoms with Crippen LogP contribution in [0.15, 0.2) is 48.6 Å². The molecule has 109 valence electrons. The molecular formula is C18H25O2. The second-order valence-corrected chi connectivity index (χ2v) is 4.48. The quantitative estimate of drug-likeness (QED) is 0.545. The molecule has 0 aliphatic rings. The van der Waals surface area contributed by atoms with E-state index >= 15 is 0 Å². The maximum atomic E-state index is 10.2. The number of benzene rings is 1. The zero-order valence-corrected chi connectivity index (χ0v) is 12.3. The molecule has 1 N–H and O–H groups in total. The van der Waals surface area contributed by atoms with Gasteiger partial charge in [0.2, 0.25) is 0 Å². The predicted octanol–water partition coefficient (Wildman–Crippen LogP) is 4.82. The number of allylic oxidation sites excluding steroid dienone is 3. The molecular weight excluding hydrogens is 248 g/mol. The summed E-state index contributed by atoms with van der Waals surface area (Å²) in [6.45, 7) is 7.41. The van der Waals surface area contributed by atoms with Crippen molar-refractivity contribution < 1.29 is 9.90 Å². The molecule has 0 amide bonds. The van der Waals surface area contributed by atoms with Crippen molar-refractivity contribution in [2.45, 2.75) is 45.4 Å². The molecule has 0 aromatic heterocycles. The summed E-state index contributed by atoms with van der Waals surface area (Å²) in [5.74, 6) is -0.786. The molecule has 0 fully saturated rings. The van der Waals surface area contributed by atoms with Gasteiger partial charge in [0, 0.05) is 0 Å². The van der Waals surface area contributed by atoms with E-state index in [1.807, 2.05) is 18.2 Å². The van der Waals surface area contributed by atoms with Crippen LogP contribution in [-0.4, -0.2) is 11.1 Å². The van der Waals surface area contributed by atoms with Gasteiger partial charge in [-0.05, 0) is 31.2 Å². The molecule has 0 aliphatic heterocycles. The number of carboxylic acid groups (broad SMARTS) is 1. The third-order valence-corrected chi connectivity index (χ3v) is 2.56. The number of carbonyl (C=O) groups is 1. The van der Waals surface area contributed by atoms with Crippen molar-refractivity contribution >= 4 is 5.97 Å². The average molecular weight is 273 g/mol. The van der Waals surface area contributed by atoms with Gasteiger partial charge in [-0.2, -0.15) is 0 Å². The van der Waals surface area contributed by atoms with Gasteiger partial charge in [0.1, 0.15) is 0 Å². The highest BCUT2D eigenvalue weighted by atomic mass is 16.4. The van der Waals surface area contributed by atoms with Crippen LogP contribution in [0.25, 0.3) is 0 Å². The topological polar surface area (TPSA) is 37.3 Å². The van der Waals surface area contributed by atoms with Crippen molar-refractivity contribution in [2.24, 2.45) is 0 Å². The molecule has 0 aliphatic carbocycles. The van der Waals surface area contributed by atoms with Gasteiger partial charge in [-0.3, -0.25) is 4.79 Å². The summed E-state index contributed by atoms with van der Waals surface area (Å²) in [5.41, 5.74) is 0.843. The first-order chi connectivity index (χ1) is 9.70. The van der Waals surface area contributed by atoms with E-state index in [-0.39, 0.29) is 6.42 Å². The van der Waals surface area contributed by atoms with Gasteiger partial charge in [0.25, 0.3) is 0 Å². The van der Waals surface area contributed by atoms with E-state index in [1.165, 1.54) is 25.7 Å². The Labute approximate surface area is 122 Å². The fraction of sp³-hybridized carbons (Fsp3) is 0.389. The van der Waals surface area contributed by atoms with E-state index in [1.54, 1.807) is 18.2 Å². The van der Waals surface area contributed by atoms with Crippen LogP contribution in [0.1, 0.15) is 44.6 Å². The molecule has 0 unspecified atom stereocenters. The Morgan fingerprint density at radius 2 is 1.80 bits per heavy atom. The van der Waals surface area contributed by atoms with Gasteiger partial charge >= 0.3 is 5.97 Å². The van der Waals surface area contributed by atoms with E-state index in [2.05, 4.69) is 19.1 Å². The molecule has 0 heterocycles. The van der Waals surface area contributed by atoms with Crippen LogP contribution in [0.3, 0.4) is 0 Å². The second kappa shape index (κ2) is 13.6. The Morgan fingerprint density at radius 1 is 1.15 bits per heavy atom. The highest BCUT2D eigenvalue weighted by molar-refractivity contribution is 5.70. The van der Waals surface area contributed by atoms with Crippen molar-refractivity contribution in [3.8, 4) is 0 Å². The van der Waals surface area contributed by atoms with Crippen LogP contribution in [0.2, 0.25) is 0 Å². The molecule has 0 spiro atoms. The van der Waals surface area contributed by atoms with Crippen LogP contribution in [0.4, 0.5) is 0 Å². The third kappa shape index (κ3) is 12.6. The molecule has 0 saturated heterocycles. The Kier molecular flexibility index (Phi) is 12.4. The van der Waals surface area contributed by atoms with E-state index < -0.39 is 5.97 Å². The summed E-state index contributed by atoms with van der Waals surface area (Å²) < 4.78 is 0. The van der Waals surface area contributed by atoms with Crippen LogP contribution in [0, 0.1) is 6.58 Å². The smallest absolute Gasteiger partial charge is 0.307 e. The summed E-state index contributed by atoms with van der Waals surface area (Å²) in [7, 11) is 0. The summed E-state index contributed by atoms with van der Waals surface area (Å²) >= 11 is 0. The highest BCUT2D eigenvalue weighted by Gasteiger charge is 1.96. The Balaban J connectivity index is 0.000000361. The van der Waals surface area contributed by atoms with Gasteiger partial charge in [-0.15, -0.1) is 0 Å². The number of unbranched alkanes of at least 4 members (excludes halogenated alkanes) is 3. The molecule has 1 aromatic carbocycles. The normalized spacial score (nSPS) is 9.85. The SMILES string of the molecule is O=C(O)Cc1ccccc1.[CH]=CCCCC=CCCC. The standard InChI is InChI=1S/C10H17.C8H8O2/c1-3-5-7-9-10-8-6-4-2;9-8(10)6-7-4-2-1-3-5-7/h1,3,8,10H,4-7,9H2,2H3;1-5H,6H2,(H,9,10). The van der Waals surface area contributed by atoms with Crippen molar-refractivity contribution in [3.05, 3.63) is 60.7 Å². The number of carboxylic acids is 1. The Hall–Kier alpha value is -1.83. The second-order valence-electron chi connectivity index (χ2n) is 4.48. The predicted molar refractivity (Wildman–Crippen MR) is 84.6 cm³/mol. The lowest BCUT2D eigenvalue weighted by molar-refractivity contribution is -0.136. The Bertz CT molecular complexity index is 380. The first kappa shape index (κ1) is 18.2. The van der Waals surface area contributed by atoms with Gasteiger partial charge < -0.3 is 5.11 Å². The minimum Gasteiger partial charge on any atom is -0.481 e. The van der Waals surface area contributed by atoms with Crippen LogP contribution in [-0.2, 0) is 11.2 Å². The lowest BCUT2D eigenvalue weighted by Gasteiger charge is -1.92. The molecule has 0 bridgehead atoms. The largest absolute Gasteiger partial charge is 0.481 e. The third-order valence-electron chi connectivity index (χ3n) is 2.56. The fourth-order valence-electron chi connectivity index (χ4n) is 1.53. The van der Waals surface area contributed by atoms with E-state index in [9.17, 15) is 4.79 Å². The first-order valence-electron chi connectivity index (χ1n) is 7.14. The molecule has 20 heavy (non-hydrogen) atoms. The number of hydrogen-bond donors (Lipinski definition) is 1. The van der Waals surface area contributed by atoms with Gasteiger partial charge in [0.15, 0.2) is 0 Å². The lowest BCUT2D eigenvalue weighted by Crippen LogP contribution is -1.98. The maximum absolute atomic E-state index is 10.2. The van der Waals surface area contributed by atoms with E-state index in [0.29, 0.717) is 0 Å². The van der Waals surface area contributed by atoms with Crippen molar-refractivity contribution in [3.63, 3.8) is 0 Å². The summed E-state index contributed by atoms with van der Waals surface area (Å²) in [6.07, 6.45) is 12.2. The van der Waals surface area contributed by atoms with Crippen molar-refractivity contribution in [1.29, 1.82) is 0 Å². The number of aliphatic carboxylic acids is 1. The van der Waals surface area contributed by atoms with Crippen LogP contribution >= 0.6 is 0 Å². The molecule has 0 saturated carbocycles. The molecule has 0 atom stereocenters. The molecule has 1 rings (SSSR count). The maximum Gasteiger partial charge on any atom is 0.307 e. The highest BCUT2D eigenvalue weighted by Crippen LogP contribution is 1.99. The van der Waals surface area contributed by atoms with Crippen LogP contribution in [0.5, 0.6) is 0 Å². The summed E-state index contributed by atoms with van der Waals surface area (Å²) in [4.78, 5) is 10.2. The number of rotatable bonds is 8. The van der Waals surface area contributed by atoms with Crippen LogP contribution < -0.4 is 0 Å². The summed E-state index contributed by atoms with van der Waals surface area (Å²) in [5, 5.41) is 8.37. The monoisotopic (exact) mass is 273 g/mol.